The summed E-state index contributed by atoms with van der Waals surface area (Å²) in [4.78, 5) is 8.93. The zero-order chi connectivity index (χ0) is 22.5. The van der Waals surface area contributed by atoms with E-state index in [1.807, 2.05) is 24.1 Å². The lowest BCUT2D eigenvalue weighted by Crippen LogP contribution is -2.37. The fraction of sp³-hybridized carbons (Fsp3) is 0.458. The molecule has 7 nitrogen and oxygen atoms in total. The van der Waals surface area contributed by atoms with Crippen molar-refractivity contribution >= 4 is 17.7 Å². The van der Waals surface area contributed by atoms with E-state index in [0.29, 0.717) is 23.7 Å². The van der Waals surface area contributed by atoms with Gasteiger partial charge in [-0.15, -0.1) is 0 Å². The van der Waals surface area contributed by atoms with Crippen LogP contribution in [-0.4, -0.2) is 69.8 Å². The lowest BCUT2D eigenvalue weighted by atomic mass is 10.1. The van der Waals surface area contributed by atoms with Crippen molar-refractivity contribution in [3.63, 3.8) is 0 Å². The van der Waals surface area contributed by atoms with Gasteiger partial charge in [-0.1, -0.05) is 0 Å². The summed E-state index contributed by atoms with van der Waals surface area (Å²) in [6.07, 6.45) is 2.53. The summed E-state index contributed by atoms with van der Waals surface area (Å²) in [6, 6.07) is 8.92. The molecule has 8 heteroatoms. The highest BCUT2D eigenvalue weighted by molar-refractivity contribution is 5.72. The molecule has 0 aliphatic carbocycles. The Hall–Kier alpha value is -2.84. The molecule has 1 fully saturated rings. The molecule has 4 rings (SSSR count). The highest BCUT2D eigenvalue weighted by Crippen LogP contribution is 2.41. The quantitative estimate of drug-likeness (QED) is 0.625. The van der Waals surface area contributed by atoms with Gasteiger partial charge < -0.3 is 24.4 Å². The van der Waals surface area contributed by atoms with Crippen molar-refractivity contribution < 1.29 is 18.6 Å². The summed E-state index contributed by atoms with van der Waals surface area (Å²) in [5, 5.41) is 3.48. The molecule has 172 valence electrons. The maximum Gasteiger partial charge on any atom is 0.162 e. The number of anilines is 1. The van der Waals surface area contributed by atoms with Crippen LogP contribution in [0.1, 0.15) is 23.7 Å². The smallest absolute Gasteiger partial charge is 0.162 e. The second-order valence-corrected chi connectivity index (χ2v) is 8.14. The number of nitrogens with zero attached hydrogens (tertiary/aromatic N) is 3. The van der Waals surface area contributed by atoms with E-state index in [0.717, 1.165) is 56.2 Å². The molecule has 2 aliphatic heterocycles. The van der Waals surface area contributed by atoms with Crippen LogP contribution >= 0.6 is 0 Å². The molecule has 0 spiro atoms. The van der Waals surface area contributed by atoms with E-state index >= 15 is 0 Å². The topological polar surface area (TPSA) is 58.6 Å². The second-order valence-electron chi connectivity index (χ2n) is 8.14. The minimum Gasteiger partial charge on any atom is -0.493 e. The van der Waals surface area contributed by atoms with Crippen molar-refractivity contribution in [3.05, 3.63) is 47.3 Å². The number of nitrogens with one attached hydrogen (secondary N) is 1. The highest BCUT2D eigenvalue weighted by atomic mass is 19.1. The van der Waals surface area contributed by atoms with Crippen molar-refractivity contribution in [1.29, 1.82) is 0 Å². The molecule has 1 saturated heterocycles. The first kappa shape index (κ1) is 22.4. The van der Waals surface area contributed by atoms with Gasteiger partial charge in [0.05, 0.1) is 39.0 Å². The van der Waals surface area contributed by atoms with Crippen molar-refractivity contribution in [2.45, 2.75) is 19.5 Å². The SMILES string of the molecule is COc1cc2c(cc1OCCCN1CCOCC1)C(Nc1ccc(F)c(C)c1)N(C)C=N2. The molecule has 1 unspecified atom stereocenters. The first-order chi connectivity index (χ1) is 15.5. The molecule has 2 heterocycles. The number of fused-ring (bicyclic) bond motifs is 1. The normalized spacial score (nSPS) is 18.4. The number of halogens is 1. The van der Waals surface area contributed by atoms with E-state index in [9.17, 15) is 4.39 Å². The van der Waals surface area contributed by atoms with Crippen molar-refractivity contribution in [1.82, 2.24) is 9.80 Å². The number of morpholine rings is 1. The maximum absolute atomic E-state index is 13.7. The fourth-order valence-electron chi connectivity index (χ4n) is 3.97. The van der Waals surface area contributed by atoms with Gasteiger partial charge in [0.2, 0.25) is 0 Å². The van der Waals surface area contributed by atoms with Crippen LogP contribution in [0.3, 0.4) is 0 Å². The van der Waals surface area contributed by atoms with Gasteiger partial charge in [-0.05, 0) is 43.2 Å². The molecular weight excluding hydrogens is 411 g/mol. The van der Waals surface area contributed by atoms with Crippen LogP contribution in [0.5, 0.6) is 11.5 Å². The first-order valence-corrected chi connectivity index (χ1v) is 11.0. The Kier molecular flexibility index (Phi) is 7.12. The molecule has 0 radical (unpaired) electrons. The molecule has 32 heavy (non-hydrogen) atoms. The third-order valence-corrected chi connectivity index (χ3v) is 5.84. The molecule has 2 aliphatic rings. The molecule has 0 aromatic heterocycles. The van der Waals surface area contributed by atoms with Crippen LogP contribution in [0.4, 0.5) is 15.8 Å². The van der Waals surface area contributed by atoms with Gasteiger partial charge in [0, 0.05) is 44.0 Å². The van der Waals surface area contributed by atoms with E-state index in [4.69, 9.17) is 14.2 Å². The van der Waals surface area contributed by atoms with Gasteiger partial charge in [-0.2, -0.15) is 0 Å². The Morgan fingerprint density at radius 3 is 2.75 bits per heavy atom. The van der Waals surface area contributed by atoms with Gasteiger partial charge in [0.25, 0.3) is 0 Å². The monoisotopic (exact) mass is 442 g/mol. The third kappa shape index (κ3) is 5.14. The summed E-state index contributed by atoms with van der Waals surface area (Å²) < 4.78 is 30.8. The molecule has 0 saturated carbocycles. The third-order valence-electron chi connectivity index (χ3n) is 5.84. The number of aryl methyl sites for hydroxylation is 1. The summed E-state index contributed by atoms with van der Waals surface area (Å²) in [5.74, 6) is 1.14. The summed E-state index contributed by atoms with van der Waals surface area (Å²) >= 11 is 0. The fourth-order valence-corrected chi connectivity index (χ4v) is 3.97. The standard InChI is InChI=1S/C24H31FN4O3/c1-17-13-18(5-6-20(17)25)27-24-19-14-23(22(30-3)15-21(19)26-16-28(24)2)32-10-4-7-29-8-11-31-12-9-29/h5-6,13-16,24,27H,4,7-12H2,1-3H3. The zero-order valence-corrected chi connectivity index (χ0v) is 18.9. The van der Waals surface area contributed by atoms with E-state index in [2.05, 4.69) is 15.2 Å². The summed E-state index contributed by atoms with van der Waals surface area (Å²) in [6.45, 7) is 6.89. The Morgan fingerprint density at radius 1 is 1.19 bits per heavy atom. The predicted octanol–water partition coefficient (Wildman–Crippen LogP) is 3.96. The van der Waals surface area contributed by atoms with E-state index in [-0.39, 0.29) is 12.0 Å². The van der Waals surface area contributed by atoms with Gasteiger partial charge >= 0.3 is 0 Å². The molecule has 0 bridgehead atoms. The van der Waals surface area contributed by atoms with E-state index < -0.39 is 0 Å². The summed E-state index contributed by atoms with van der Waals surface area (Å²) in [5.41, 5.74) is 3.23. The molecule has 1 atom stereocenters. The number of methoxy groups -OCH3 is 1. The molecular formula is C24H31FN4O3. The molecule has 2 aromatic carbocycles. The van der Waals surface area contributed by atoms with Gasteiger partial charge in [-0.25, -0.2) is 9.38 Å². The van der Waals surface area contributed by atoms with Crippen molar-refractivity contribution in [2.24, 2.45) is 4.99 Å². The lowest BCUT2D eigenvalue weighted by molar-refractivity contribution is 0.0357. The minimum absolute atomic E-state index is 0.172. The van der Waals surface area contributed by atoms with Crippen LogP contribution in [-0.2, 0) is 4.74 Å². The van der Waals surface area contributed by atoms with Crippen LogP contribution < -0.4 is 14.8 Å². The number of aliphatic imine (C=N–C) groups is 1. The van der Waals surface area contributed by atoms with E-state index in [1.54, 1.807) is 32.5 Å². The van der Waals surface area contributed by atoms with Crippen molar-refractivity contribution in [2.75, 3.05) is 58.9 Å². The van der Waals surface area contributed by atoms with Crippen LogP contribution in [0.15, 0.2) is 35.3 Å². The zero-order valence-electron chi connectivity index (χ0n) is 18.9. The predicted molar refractivity (Wildman–Crippen MR) is 124 cm³/mol. The van der Waals surface area contributed by atoms with Gasteiger partial charge in [0.1, 0.15) is 12.0 Å². The van der Waals surface area contributed by atoms with Crippen LogP contribution in [0, 0.1) is 12.7 Å². The Labute approximate surface area is 188 Å². The van der Waals surface area contributed by atoms with Crippen molar-refractivity contribution in [3.8, 4) is 11.5 Å². The van der Waals surface area contributed by atoms with Gasteiger partial charge in [-0.3, -0.25) is 4.90 Å². The number of benzene rings is 2. The number of ether oxygens (including phenoxy) is 3. The summed E-state index contributed by atoms with van der Waals surface area (Å²) in [7, 11) is 3.59. The minimum atomic E-state index is -0.216. The Morgan fingerprint density at radius 2 is 2.00 bits per heavy atom. The number of rotatable bonds is 8. The lowest BCUT2D eigenvalue weighted by Gasteiger charge is -2.33. The van der Waals surface area contributed by atoms with Crippen LogP contribution in [0.2, 0.25) is 0 Å². The Balaban J connectivity index is 1.49. The largest absolute Gasteiger partial charge is 0.493 e. The average Bonchev–Trinajstić information content (AvgIpc) is 2.81. The van der Waals surface area contributed by atoms with Gasteiger partial charge in [0.15, 0.2) is 11.5 Å². The first-order valence-electron chi connectivity index (χ1n) is 11.0. The highest BCUT2D eigenvalue weighted by Gasteiger charge is 2.25. The Bertz CT molecular complexity index is 963. The molecule has 1 N–H and O–H groups in total. The average molecular weight is 443 g/mol. The van der Waals surface area contributed by atoms with E-state index in [1.165, 1.54) is 6.07 Å². The number of hydrogen-bond acceptors (Lipinski definition) is 7. The molecule has 0 amide bonds. The molecule has 2 aromatic rings. The van der Waals surface area contributed by atoms with Crippen LogP contribution in [0.25, 0.3) is 0 Å². The second kappa shape index (κ2) is 10.2. The maximum atomic E-state index is 13.7. The number of hydrogen-bond donors (Lipinski definition) is 1.